The number of rotatable bonds is 11. The van der Waals surface area contributed by atoms with E-state index in [9.17, 15) is 25.5 Å². The molecule has 6 rings (SSSR count). The van der Waals surface area contributed by atoms with E-state index in [2.05, 4.69) is 4.90 Å². The normalized spacial score (nSPS) is 20.0. The molecule has 0 spiro atoms. The van der Waals surface area contributed by atoms with Crippen LogP contribution < -0.4 is 16.2 Å². The molecule has 3 atom stereocenters. The molecule has 56 heavy (non-hydrogen) atoms. The fourth-order valence-corrected chi connectivity index (χ4v) is 9.07. The molecule has 0 aliphatic heterocycles. The molecule has 3 saturated carbocycles. The maximum absolute atomic E-state index is 11.0. The molecule has 3 fully saturated rings. The number of phenols is 2. The van der Waals surface area contributed by atoms with Crippen LogP contribution in [0.15, 0.2) is 72.8 Å². The van der Waals surface area contributed by atoms with Crippen LogP contribution in [0.1, 0.15) is 132 Å². The summed E-state index contributed by atoms with van der Waals surface area (Å²) in [7, 11) is 5.74. The van der Waals surface area contributed by atoms with Crippen molar-refractivity contribution in [1.82, 2.24) is 4.90 Å². The molecule has 0 aromatic heterocycles. The zero-order chi connectivity index (χ0) is 41.2. The molecule has 313 valence electrons. The molecule has 1 radical (unpaired) electrons. The van der Waals surface area contributed by atoms with Gasteiger partial charge in [0, 0.05) is 55.9 Å². The van der Waals surface area contributed by atoms with Gasteiger partial charge in [-0.3, -0.25) is 0 Å². The molecule has 3 unspecified atom stereocenters. The van der Waals surface area contributed by atoms with Crippen molar-refractivity contribution < 1.29 is 55.7 Å². The third-order valence-electron chi connectivity index (χ3n) is 12.2. The molecule has 3 aliphatic carbocycles. The molecule has 0 amide bonds. The van der Waals surface area contributed by atoms with Gasteiger partial charge in [0.25, 0.3) is 0 Å². The van der Waals surface area contributed by atoms with Crippen molar-refractivity contribution in [1.29, 1.82) is 0 Å². The van der Waals surface area contributed by atoms with Crippen LogP contribution in [0.25, 0.3) is 0 Å². The van der Waals surface area contributed by atoms with Gasteiger partial charge in [0.15, 0.2) is 0 Å². The van der Waals surface area contributed by atoms with Gasteiger partial charge in [0.2, 0.25) is 1.43 Å². The minimum atomic E-state index is -0.663. The van der Waals surface area contributed by atoms with Crippen molar-refractivity contribution in [3.8, 4) is 17.2 Å². The number of aliphatic hydroxyl groups is 3. The van der Waals surface area contributed by atoms with Crippen molar-refractivity contribution in [2.75, 3.05) is 40.8 Å². The maximum Gasteiger partial charge on any atom is 0.206 e. The smallest absolute Gasteiger partial charge is 0.206 e. The fourth-order valence-electron chi connectivity index (χ4n) is 9.07. The second-order valence-corrected chi connectivity index (χ2v) is 16.3. The van der Waals surface area contributed by atoms with Gasteiger partial charge in [-0.15, -0.1) is 0 Å². The van der Waals surface area contributed by atoms with E-state index < -0.39 is 16.8 Å². The minimum absolute atomic E-state index is 0. The van der Waals surface area contributed by atoms with Gasteiger partial charge in [0.1, 0.15) is 17.2 Å². The third kappa shape index (κ3) is 13.7. The van der Waals surface area contributed by atoms with E-state index in [4.69, 9.17) is 23.1 Å². The standard InChI is InChI=1S/C16H25NO2.C15H23NO2.C14H21NO2.H2O.V/c1-17(2)12-15(13-6-8-14(18)9-7-13)16(19)10-4-3-5-11-16;1-18-13-7-5-12(6-8-13)14(11-16)15(17)9-3-2-4-10-15;15-10-13(11-4-6-12(16)7-5-11)14(17)8-2-1-3-9-14;;/h6-9,15,18-19H,3-5,10-12H2,1-2H3;5-8,14,17H,2-4,9-11,16H2,1H3;4-7,13,16-17H,1-3,8-10,15H2;1H2;/i/hD. The number of nitrogens with zero attached hydrogens (tertiary/aromatic N) is 1. The zero-order valence-corrected chi connectivity index (χ0v) is 35.4. The van der Waals surface area contributed by atoms with Crippen LogP contribution in [0.4, 0.5) is 0 Å². The second kappa shape index (κ2) is 23.7. The largest absolute Gasteiger partial charge is 0.508 e. The molecular weight excluding hydrogens is 745 g/mol. The molecule has 3 aromatic rings. The van der Waals surface area contributed by atoms with Crippen molar-refractivity contribution in [2.24, 2.45) is 11.5 Å². The van der Waals surface area contributed by atoms with E-state index >= 15 is 0 Å². The predicted octanol–water partition coefficient (Wildman–Crippen LogP) is 6.47. The predicted molar refractivity (Wildman–Crippen MR) is 222 cm³/mol. The van der Waals surface area contributed by atoms with Gasteiger partial charge in [-0.25, -0.2) is 0 Å². The number of likely N-dealkylation sites (N-methyl/N-ethyl adjacent to an activating group) is 1. The summed E-state index contributed by atoms with van der Waals surface area (Å²) in [6.07, 6.45) is 15.4. The second-order valence-electron chi connectivity index (χ2n) is 16.3. The molecule has 3 aliphatic rings. The molecule has 0 heterocycles. The molecular formula is C45H71N3O7V. The summed E-state index contributed by atoms with van der Waals surface area (Å²) in [5.74, 6) is 1.49. The van der Waals surface area contributed by atoms with Crippen LogP contribution in [0, 0.1) is 0 Å². The summed E-state index contributed by atoms with van der Waals surface area (Å²) < 4.78 is 9.91. The Kier molecular flexibility index (Phi) is 20.2. The number of hydrogen-bond donors (Lipinski definition) is 7. The fraction of sp³-hybridized carbons (Fsp3) is 0.600. The van der Waals surface area contributed by atoms with Crippen LogP contribution in [0.5, 0.6) is 17.2 Å². The van der Waals surface area contributed by atoms with Gasteiger partial charge < -0.3 is 52.1 Å². The number of ether oxygens (including phenoxy) is 1. The van der Waals surface area contributed by atoms with E-state index in [0.717, 1.165) is 106 Å². The van der Waals surface area contributed by atoms with Gasteiger partial charge in [-0.1, -0.05) is 94.2 Å². The molecule has 11 heteroatoms. The summed E-state index contributed by atoms with van der Waals surface area (Å²) in [5.41, 5.74) is 19.4. The zero-order valence-electron chi connectivity index (χ0n) is 35.0. The first-order chi connectivity index (χ1) is 26.9. The number of methoxy groups -OCH3 is 1. The quantitative estimate of drug-likeness (QED) is 0.114. The number of nitrogens with two attached hydrogens (primary N) is 2. The summed E-state index contributed by atoms with van der Waals surface area (Å²) in [6.45, 7) is 1.77. The van der Waals surface area contributed by atoms with Crippen molar-refractivity contribution in [3.05, 3.63) is 89.5 Å². The summed E-state index contributed by atoms with van der Waals surface area (Å²) in [6, 6.07) is 22.2. The van der Waals surface area contributed by atoms with Gasteiger partial charge in [-0.2, -0.15) is 0 Å². The van der Waals surface area contributed by atoms with E-state index in [1.165, 1.54) is 19.3 Å². The topological polar surface area (TPSA) is 197 Å². The Hall–Kier alpha value is -2.64. The Morgan fingerprint density at radius 1 is 0.571 bits per heavy atom. The van der Waals surface area contributed by atoms with Crippen LogP contribution >= 0.6 is 0 Å². The first kappa shape index (κ1) is 47.7. The third-order valence-corrected chi connectivity index (χ3v) is 12.2. The number of benzene rings is 3. The van der Waals surface area contributed by atoms with Gasteiger partial charge >= 0.3 is 0 Å². The minimum Gasteiger partial charge on any atom is -0.508 e. The summed E-state index contributed by atoms with van der Waals surface area (Å²) >= 11 is 0. The molecule has 10 nitrogen and oxygen atoms in total. The van der Waals surface area contributed by atoms with Crippen LogP contribution in [-0.4, -0.2) is 93.6 Å². The van der Waals surface area contributed by atoms with Crippen molar-refractivity contribution in [3.63, 3.8) is 0 Å². The van der Waals surface area contributed by atoms with Crippen LogP contribution in [0.2, 0.25) is 0 Å². The molecule has 3 aromatic carbocycles. The van der Waals surface area contributed by atoms with E-state index in [1.807, 2.05) is 62.6 Å². The Labute approximate surface area is 349 Å². The van der Waals surface area contributed by atoms with E-state index in [0.29, 0.717) is 13.1 Å². The SMILES string of the molecule is CN(C)CC(c1ccc(O)cc1)C1(O)CCCCC1.COc1ccc(C(CN)C2(O)CCCCC2)cc1.NCC(c1ccc(O)cc1)C1(O)CCCCC1.[2H]O.[V]. The Morgan fingerprint density at radius 2 is 0.857 bits per heavy atom. The Bertz CT molecular complexity index is 1500. The summed E-state index contributed by atoms with van der Waals surface area (Å²) in [5, 5.41) is 51.2. The number of aromatic hydroxyl groups is 2. The van der Waals surface area contributed by atoms with Crippen molar-refractivity contribution in [2.45, 2.75) is 131 Å². The maximum atomic E-state index is 11.0. The van der Waals surface area contributed by atoms with Gasteiger partial charge in [-0.05, 0) is 106 Å². The van der Waals surface area contributed by atoms with Gasteiger partial charge in [0.05, 0.1) is 23.9 Å². The summed E-state index contributed by atoms with van der Waals surface area (Å²) in [4.78, 5) is 2.13. The van der Waals surface area contributed by atoms with Crippen LogP contribution in [0.3, 0.4) is 0 Å². The van der Waals surface area contributed by atoms with Crippen LogP contribution in [-0.2, 0) is 18.6 Å². The average molecular weight is 818 g/mol. The molecule has 0 bridgehead atoms. The molecule has 0 saturated heterocycles. The number of phenolic OH excluding ortho intramolecular Hbond substituents is 2. The monoisotopic (exact) mass is 817 g/mol. The average Bonchev–Trinajstić information content (AvgIpc) is 3.21. The first-order valence-corrected chi connectivity index (χ1v) is 20.3. The van der Waals surface area contributed by atoms with E-state index in [-0.39, 0.29) is 47.8 Å². The van der Waals surface area contributed by atoms with Crippen molar-refractivity contribution >= 4 is 0 Å². The number of hydrogen-bond acceptors (Lipinski definition) is 9. The Morgan fingerprint density at radius 3 is 1.14 bits per heavy atom. The Balaban J connectivity index is 0.000000286. The first-order valence-electron chi connectivity index (χ1n) is 20.7. The van der Waals surface area contributed by atoms with E-state index in [1.54, 1.807) is 31.4 Å². The molecule has 11 N–H and O–H groups in total.